The van der Waals surface area contributed by atoms with Gasteiger partial charge >= 0.3 is 6.18 Å². The van der Waals surface area contributed by atoms with E-state index in [2.05, 4.69) is 10.5 Å². The third kappa shape index (κ3) is 5.23. The van der Waals surface area contributed by atoms with Gasteiger partial charge in [0.15, 0.2) is 0 Å². The van der Waals surface area contributed by atoms with Crippen molar-refractivity contribution in [2.45, 2.75) is 12.7 Å². The van der Waals surface area contributed by atoms with Gasteiger partial charge in [0, 0.05) is 41.3 Å². The van der Waals surface area contributed by atoms with Crippen LogP contribution in [0, 0.1) is 0 Å². The summed E-state index contributed by atoms with van der Waals surface area (Å²) in [5.41, 5.74) is 2.68. The number of hydrogen-bond donors (Lipinski definition) is 1. The van der Waals surface area contributed by atoms with Crippen LogP contribution in [0.15, 0.2) is 59.8 Å². The van der Waals surface area contributed by atoms with E-state index >= 15 is 0 Å². The van der Waals surface area contributed by atoms with Crippen molar-refractivity contribution < 1.29 is 27.5 Å². The van der Waals surface area contributed by atoms with Crippen LogP contribution in [0.2, 0.25) is 0 Å². The lowest BCUT2D eigenvalue weighted by Gasteiger charge is -2.27. The van der Waals surface area contributed by atoms with Gasteiger partial charge in [-0.05, 0) is 24.3 Å². The predicted octanol–water partition coefficient (Wildman–Crippen LogP) is 3.28. The Kier molecular flexibility index (Phi) is 6.45. The normalized spacial score (nSPS) is 14.7. The Balaban J connectivity index is 1.49. The summed E-state index contributed by atoms with van der Waals surface area (Å²) in [6.07, 6.45) is -1.38. The predicted molar refractivity (Wildman–Crippen MR) is 116 cm³/mol. The Morgan fingerprint density at radius 2 is 1.85 bits per heavy atom. The molecule has 3 aromatic rings. The number of amides is 2. The number of aromatic nitrogens is 1. The minimum atomic E-state index is -4.54. The number of halogens is 3. The molecular formula is C23H21F3N4O3. The van der Waals surface area contributed by atoms with Gasteiger partial charge in [-0.15, -0.1) is 0 Å². The van der Waals surface area contributed by atoms with Crippen molar-refractivity contribution in [2.24, 2.45) is 5.10 Å². The third-order valence-electron chi connectivity index (χ3n) is 5.31. The molecule has 1 aliphatic heterocycles. The molecule has 1 aliphatic rings. The molecule has 2 heterocycles. The Labute approximate surface area is 187 Å². The molecule has 0 saturated carbocycles. The molecule has 33 heavy (non-hydrogen) atoms. The number of carbonyl (C=O) groups excluding carboxylic acids is 2. The fraction of sp³-hybridized carbons (Fsp3) is 0.261. The van der Waals surface area contributed by atoms with Crippen molar-refractivity contribution in [3.05, 3.63) is 71.4 Å². The van der Waals surface area contributed by atoms with E-state index in [1.807, 2.05) is 28.8 Å². The van der Waals surface area contributed by atoms with E-state index in [4.69, 9.17) is 4.74 Å². The first kappa shape index (κ1) is 22.5. The van der Waals surface area contributed by atoms with Crippen LogP contribution in [0.1, 0.15) is 21.5 Å². The molecule has 1 saturated heterocycles. The highest BCUT2D eigenvalue weighted by atomic mass is 19.4. The van der Waals surface area contributed by atoms with Gasteiger partial charge in [-0.25, -0.2) is 5.43 Å². The van der Waals surface area contributed by atoms with E-state index in [1.165, 1.54) is 18.3 Å². The Morgan fingerprint density at radius 3 is 2.61 bits per heavy atom. The quantitative estimate of drug-likeness (QED) is 0.471. The number of benzene rings is 2. The van der Waals surface area contributed by atoms with E-state index in [-0.39, 0.29) is 18.0 Å². The van der Waals surface area contributed by atoms with Crippen LogP contribution in [0.3, 0.4) is 0 Å². The number of nitrogens with zero attached hydrogens (tertiary/aromatic N) is 3. The van der Waals surface area contributed by atoms with Crippen molar-refractivity contribution in [2.75, 3.05) is 26.3 Å². The largest absolute Gasteiger partial charge is 0.416 e. The van der Waals surface area contributed by atoms with Crippen LogP contribution in [-0.4, -0.2) is 53.8 Å². The van der Waals surface area contributed by atoms with E-state index < -0.39 is 17.6 Å². The first-order valence-electron chi connectivity index (χ1n) is 10.3. The maximum absolute atomic E-state index is 12.9. The molecule has 1 fully saturated rings. The summed E-state index contributed by atoms with van der Waals surface area (Å²) >= 11 is 0. The lowest BCUT2D eigenvalue weighted by Crippen LogP contribution is -2.42. The number of ether oxygens (including phenoxy) is 1. The highest BCUT2D eigenvalue weighted by molar-refractivity contribution is 6.01. The molecule has 0 aliphatic carbocycles. The Morgan fingerprint density at radius 1 is 1.09 bits per heavy atom. The highest BCUT2D eigenvalue weighted by Crippen LogP contribution is 2.29. The number of nitrogens with one attached hydrogen (secondary N) is 1. The number of hydrazone groups is 1. The van der Waals surface area contributed by atoms with E-state index in [1.54, 1.807) is 11.1 Å². The van der Waals surface area contributed by atoms with Crippen LogP contribution >= 0.6 is 0 Å². The number of rotatable bonds is 5. The molecule has 1 aromatic heterocycles. The molecule has 0 atom stereocenters. The summed E-state index contributed by atoms with van der Waals surface area (Å²) in [7, 11) is 0. The Hall–Kier alpha value is -3.66. The first-order chi connectivity index (χ1) is 15.8. The summed E-state index contributed by atoms with van der Waals surface area (Å²) < 4.78 is 45.7. The molecule has 0 unspecified atom stereocenters. The number of carbonyl (C=O) groups is 2. The summed E-state index contributed by atoms with van der Waals surface area (Å²) in [5, 5.41) is 4.73. The lowest BCUT2D eigenvalue weighted by molar-refractivity contribution is -0.137. The van der Waals surface area contributed by atoms with Crippen molar-refractivity contribution in [1.82, 2.24) is 14.9 Å². The average Bonchev–Trinajstić information content (AvgIpc) is 3.16. The van der Waals surface area contributed by atoms with E-state index in [9.17, 15) is 22.8 Å². The summed E-state index contributed by atoms with van der Waals surface area (Å²) in [4.78, 5) is 26.7. The number of fused-ring (bicyclic) bond motifs is 1. The molecule has 0 bridgehead atoms. The third-order valence-corrected chi connectivity index (χ3v) is 5.31. The van der Waals surface area contributed by atoms with Gasteiger partial charge in [0.2, 0.25) is 5.91 Å². The zero-order valence-electron chi connectivity index (χ0n) is 17.5. The number of alkyl halides is 3. The lowest BCUT2D eigenvalue weighted by atomic mass is 10.1. The first-order valence-corrected chi connectivity index (χ1v) is 10.3. The zero-order valence-corrected chi connectivity index (χ0v) is 17.5. The van der Waals surface area contributed by atoms with Gasteiger partial charge in [-0.3, -0.25) is 9.59 Å². The number of hydrogen-bond acceptors (Lipinski definition) is 4. The van der Waals surface area contributed by atoms with E-state index in [0.29, 0.717) is 31.9 Å². The highest BCUT2D eigenvalue weighted by Gasteiger charge is 2.30. The molecule has 10 heteroatoms. The van der Waals surface area contributed by atoms with Crippen LogP contribution in [0.25, 0.3) is 10.9 Å². The summed E-state index contributed by atoms with van der Waals surface area (Å²) in [6, 6.07) is 11.6. The standard InChI is InChI=1S/C23H21F3N4O3/c24-23(25,26)18-5-3-4-16(12-18)22(32)28-27-13-17-14-30(20-7-2-1-6-19(17)20)15-21(31)29-8-10-33-11-9-29/h1-7,12-14H,8-11,15H2,(H,28,32)/b27-13-. The van der Waals surface area contributed by atoms with Crippen LogP contribution < -0.4 is 5.43 Å². The maximum atomic E-state index is 12.9. The SMILES string of the molecule is O=C(N/N=C\c1cn(CC(=O)N2CCOCC2)c2ccccc12)c1cccc(C(F)(F)F)c1. The topological polar surface area (TPSA) is 75.9 Å². The molecule has 0 spiro atoms. The molecule has 2 amide bonds. The second-order valence-electron chi connectivity index (χ2n) is 7.50. The van der Waals surface area contributed by atoms with Crippen molar-refractivity contribution in [3.63, 3.8) is 0 Å². The molecule has 7 nitrogen and oxygen atoms in total. The van der Waals surface area contributed by atoms with Crippen molar-refractivity contribution in [1.29, 1.82) is 0 Å². The van der Waals surface area contributed by atoms with Gasteiger partial charge in [0.25, 0.3) is 5.91 Å². The minimum Gasteiger partial charge on any atom is -0.378 e. The molecule has 1 N–H and O–H groups in total. The van der Waals surface area contributed by atoms with Gasteiger partial charge in [-0.2, -0.15) is 18.3 Å². The van der Waals surface area contributed by atoms with Crippen molar-refractivity contribution in [3.8, 4) is 0 Å². The van der Waals surface area contributed by atoms with Gasteiger partial charge in [-0.1, -0.05) is 24.3 Å². The number of morpholine rings is 1. The van der Waals surface area contributed by atoms with E-state index in [0.717, 1.165) is 23.0 Å². The summed E-state index contributed by atoms with van der Waals surface area (Å²) in [6.45, 7) is 2.27. The van der Waals surface area contributed by atoms with Gasteiger partial charge < -0.3 is 14.2 Å². The second kappa shape index (κ2) is 9.45. The Bertz CT molecular complexity index is 1200. The van der Waals surface area contributed by atoms with Gasteiger partial charge in [0.05, 0.1) is 25.0 Å². The number of para-hydroxylation sites is 1. The smallest absolute Gasteiger partial charge is 0.378 e. The molecule has 0 radical (unpaired) electrons. The van der Waals surface area contributed by atoms with Crippen LogP contribution in [0.4, 0.5) is 13.2 Å². The fourth-order valence-electron chi connectivity index (χ4n) is 3.63. The average molecular weight is 458 g/mol. The van der Waals surface area contributed by atoms with Crippen molar-refractivity contribution >= 4 is 28.9 Å². The maximum Gasteiger partial charge on any atom is 0.416 e. The molecule has 172 valence electrons. The monoisotopic (exact) mass is 458 g/mol. The minimum absolute atomic E-state index is 0.0274. The molecule has 2 aromatic carbocycles. The zero-order chi connectivity index (χ0) is 23.4. The second-order valence-corrected chi connectivity index (χ2v) is 7.50. The van der Waals surface area contributed by atoms with Gasteiger partial charge in [0.1, 0.15) is 6.54 Å². The molecular weight excluding hydrogens is 437 g/mol. The fourth-order valence-corrected chi connectivity index (χ4v) is 3.63. The van der Waals surface area contributed by atoms with Crippen LogP contribution in [0.5, 0.6) is 0 Å². The molecule has 4 rings (SSSR count). The van der Waals surface area contributed by atoms with Crippen LogP contribution in [-0.2, 0) is 22.3 Å². The summed E-state index contributed by atoms with van der Waals surface area (Å²) in [5.74, 6) is -0.788.